The number of carboxylic acids is 1. The second-order valence-corrected chi connectivity index (χ2v) is 3.75. The minimum atomic E-state index is -1.11. The van der Waals surface area contributed by atoms with E-state index >= 15 is 0 Å². The molecule has 16 heavy (non-hydrogen) atoms. The van der Waals surface area contributed by atoms with Crippen molar-refractivity contribution in [2.75, 3.05) is 0 Å². The van der Waals surface area contributed by atoms with E-state index < -0.39 is 5.97 Å². The SMILES string of the molecule is Cc1cc2c(C)cc(C(=O)O)nc2cc1F. The minimum Gasteiger partial charge on any atom is -0.477 e. The van der Waals surface area contributed by atoms with Crippen LogP contribution in [0.3, 0.4) is 0 Å². The lowest BCUT2D eigenvalue weighted by Crippen LogP contribution is -2.01. The van der Waals surface area contributed by atoms with E-state index in [-0.39, 0.29) is 11.5 Å². The molecule has 2 aromatic rings. The predicted molar refractivity (Wildman–Crippen MR) is 58.1 cm³/mol. The van der Waals surface area contributed by atoms with Crippen LogP contribution in [0.5, 0.6) is 0 Å². The fraction of sp³-hybridized carbons (Fsp3) is 0.167. The summed E-state index contributed by atoms with van der Waals surface area (Å²) in [6.07, 6.45) is 0. The molecular formula is C12H10FNO2. The summed E-state index contributed by atoms with van der Waals surface area (Å²) < 4.78 is 13.3. The van der Waals surface area contributed by atoms with Crippen LogP contribution in [0.2, 0.25) is 0 Å². The molecule has 1 heterocycles. The molecule has 1 N–H and O–H groups in total. The third-order valence-corrected chi connectivity index (χ3v) is 2.52. The molecule has 0 spiro atoms. The lowest BCUT2D eigenvalue weighted by molar-refractivity contribution is 0.0691. The van der Waals surface area contributed by atoms with Crippen LogP contribution in [0.4, 0.5) is 4.39 Å². The van der Waals surface area contributed by atoms with Crippen LogP contribution in [0.1, 0.15) is 21.6 Å². The number of aromatic nitrogens is 1. The van der Waals surface area contributed by atoms with Gasteiger partial charge in [0.2, 0.25) is 0 Å². The number of hydrogen-bond donors (Lipinski definition) is 1. The number of nitrogens with zero attached hydrogens (tertiary/aromatic N) is 1. The summed E-state index contributed by atoms with van der Waals surface area (Å²) in [7, 11) is 0. The van der Waals surface area contributed by atoms with Crippen molar-refractivity contribution in [3.8, 4) is 0 Å². The fourth-order valence-electron chi connectivity index (χ4n) is 1.63. The Bertz CT molecular complexity index is 593. The average Bonchev–Trinajstić information content (AvgIpc) is 2.20. The van der Waals surface area contributed by atoms with E-state index in [1.54, 1.807) is 19.9 Å². The molecule has 1 aromatic carbocycles. The highest BCUT2D eigenvalue weighted by molar-refractivity contribution is 5.91. The zero-order chi connectivity index (χ0) is 11.9. The van der Waals surface area contributed by atoms with Gasteiger partial charge in [-0.3, -0.25) is 0 Å². The van der Waals surface area contributed by atoms with Crippen LogP contribution in [0, 0.1) is 19.7 Å². The summed E-state index contributed by atoms with van der Waals surface area (Å²) in [5.74, 6) is -1.48. The quantitative estimate of drug-likeness (QED) is 0.802. The highest BCUT2D eigenvalue weighted by atomic mass is 19.1. The Labute approximate surface area is 91.5 Å². The van der Waals surface area contributed by atoms with Gasteiger partial charge in [0.25, 0.3) is 0 Å². The standard InChI is InChI=1S/C12H10FNO2/c1-6-4-11(12(15)16)14-10-5-9(13)7(2)3-8(6)10/h3-5H,1-2H3,(H,15,16). The van der Waals surface area contributed by atoms with Gasteiger partial charge in [0.05, 0.1) is 5.52 Å². The second kappa shape index (κ2) is 3.56. The van der Waals surface area contributed by atoms with Crippen LogP contribution in [-0.2, 0) is 0 Å². The van der Waals surface area contributed by atoms with Gasteiger partial charge >= 0.3 is 5.97 Å². The summed E-state index contributed by atoms with van der Waals surface area (Å²) in [6, 6.07) is 4.44. The Morgan fingerprint density at radius 2 is 1.94 bits per heavy atom. The van der Waals surface area contributed by atoms with Crippen molar-refractivity contribution in [2.24, 2.45) is 0 Å². The Balaban J connectivity index is 2.82. The largest absolute Gasteiger partial charge is 0.477 e. The third kappa shape index (κ3) is 1.62. The maximum atomic E-state index is 13.3. The van der Waals surface area contributed by atoms with E-state index in [4.69, 9.17) is 5.11 Å². The summed E-state index contributed by atoms with van der Waals surface area (Å²) in [6.45, 7) is 3.45. The monoisotopic (exact) mass is 219 g/mol. The zero-order valence-electron chi connectivity index (χ0n) is 8.91. The zero-order valence-corrected chi connectivity index (χ0v) is 8.91. The molecule has 0 radical (unpaired) electrons. The smallest absolute Gasteiger partial charge is 0.354 e. The molecule has 0 fully saturated rings. The van der Waals surface area contributed by atoms with Crippen molar-refractivity contribution in [2.45, 2.75) is 13.8 Å². The maximum absolute atomic E-state index is 13.3. The normalized spacial score (nSPS) is 10.7. The van der Waals surface area contributed by atoms with Gasteiger partial charge in [-0.2, -0.15) is 0 Å². The molecule has 0 bridgehead atoms. The number of pyridine rings is 1. The van der Waals surface area contributed by atoms with E-state index in [0.29, 0.717) is 11.1 Å². The average molecular weight is 219 g/mol. The summed E-state index contributed by atoms with van der Waals surface area (Å²) in [5.41, 5.74) is 1.62. The molecule has 0 saturated carbocycles. The molecule has 0 atom stereocenters. The minimum absolute atomic E-state index is 0.0618. The predicted octanol–water partition coefficient (Wildman–Crippen LogP) is 2.69. The van der Waals surface area contributed by atoms with E-state index in [0.717, 1.165) is 10.9 Å². The van der Waals surface area contributed by atoms with E-state index in [1.165, 1.54) is 12.1 Å². The van der Waals surface area contributed by atoms with Crippen LogP contribution in [0.25, 0.3) is 10.9 Å². The van der Waals surface area contributed by atoms with Gasteiger partial charge in [0, 0.05) is 11.5 Å². The molecule has 0 aliphatic rings. The number of halogens is 1. The molecule has 0 aliphatic heterocycles. The van der Waals surface area contributed by atoms with Gasteiger partial charge in [-0.15, -0.1) is 0 Å². The fourth-order valence-corrected chi connectivity index (χ4v) is 1.63. The molecule has 3 nitrogen and oxygen atoms in total. The Kier molecular flexibility index (Phi) is 2.34. The molecule has 1 aromatic heterocycles. The van der Waals surface area contributed by atoms with Crippen LogP contribution in [0.15, 0.2) is 18.2 Å². The van der Waals surface area contributed by atoms with E-state index in [1.807, 2.05) is 0 Å². The number of aryl methyl sites for hydroxylation is 2. The molecule has 0 amide bonds. The Morgan fingerprint density at radius 3 is 2.56 bits per heavy atom. The first-order valence-corrected chi connectivity index (χ1v) is 4.80. The molecule has 4 heteroatoms. The van der Waals surface area contributed by atoms with Gasteiger partial charge in [-0.1, -0.05) is 0 Å². The first kappa shape index (κ1) is 10.5. The van der Waals surface area contributed by atoms with Gasteiger partial charge in [0.15, 0.2) is 0 Å². The van der Waals surface area contributed by atoms with E-state index in [2.05, 4.69) is 4.98 Å². The van der Waals surface area contributed by atoms with Crippen LogP contribution >= 0.6 is 0 Å². The molecular weight excluding hydrogens is 209 g/mol. The van der Waals surface area contributed by atoms with Gasteiger partial charge in [0.1, 0.15) is 11.5 Å². The van der Waals surface area contributed by atoms with Crippen molar-refractivity contribution in [3.63, 3.8) is 0 Å². The number of hydrogen-bond acceptors (Lipinski definition) is 2. The highest BCUT2D eigenvalue weighted by Crippen LogP contribution is 2.21. The van der Waals surface area contributed by atoms with Crippen molar-refractivity contribution in [1.82, 2.24) is 4.98 Å². The molecule has 82 valence electrons. The van der Waals surface area contributed by atoms with Crippen molar-refractivity contribution in [1.29, 1.82) is 0 Å². The van der Waals surface area contributed by atoms with Gasteiger partial charge in [-0.05, 0) is 37.1 Å². The van der Waals surface area contributed by atoms with Gasteiger partial charge < -0.3 is 5.11 Å². The lowest BCUT2D eigenvalue weighted by Gasteiger charge is -2.05. The van der Waals surface area contributed by atoms with Gasteiger partial charge in [-0.25, -0.2) is 14.2 Å². The summed E-state index contributed by atoms with van der Waals surface area (Å²) in [5, 5.41) is 9.62. The summed E-state index contributed by atoms with van der Waals surface area (Å²) >= 11 is 0. The number of carboxylic acid groups (broad SMARTS) is 1. The Hall–Kier alpha value is -1.97. The second-order valence-electron chi connectivity index (χ2n) is 3.75. The molecule has 0 unspecified atom stereocenters. The first-order valence-electron chi connectivity index (χ1n) is 4.80. The number of rotatable bonds is 1. The molecule has 2 rings (SSSR count). The molecule has 0 saturated heterocycles. The topological polar surface area (TPSA) is 50.2 Å². The summed E-state index contributed by atoms with van der Waals surface area (Å²) in [4.78, 5) is 14.7. The highest BCUT2D eigenvalue weighted by Gasteiger charge is 2.10. The van der Waals surface area contributed by atoms with Crippen LogP contribution in [-0.4, -0.2) is 16.1 Å². The van der Waals surface area contributed by atoms with Crippen molar-refractivity contribution >= 4 is 16.9 Å². The number of carbonyl (C=O) groups is 1. The number of aromatic carboxylic acids is 1. The lowest BCUT2D eigenvalue weighted by atomic mass is 10.1. The van der Waals surface area contributed by atoms with Crippen LogP contribution < -0.4 is 0 Å². The first-order chi connectivity index (χ1) is 7.49. The number of benzene rings is 1. The molecule has 0 aliphatic carbocycles. The van der Waals surface area contributed by atoms with Crippen molar-refractivity contribution in [3.05, 3.63) is 40.8 Å². The van der Waals surface area contributed by atoms with Crippen molar-refractivity contribution < 1.29 is 14.3 Å². The van der Waals surface area contributed by atoms with E-state index in [9.17, 15) is 9.18 Å². The maximum Gasteiger partial charge on any atom is 0.354 e. The third-order valence-electron chi connectivity index (χ3n) is 2.52. The number of fused-ring (bicyclic) bond motifs is 1. The Morgan fingerprint density at radius 1 is 1.25 bits per heavy atom.